The number of nitrogens with zero attached hydrogens (tertiary/aromatic N) is 4. The van der Waals surface area contributed by atoms with Gasteiger partial charge in [0.15, 0.2) is 5.96 Å². The Balaban J connectivity index is 1.38. The Hall–Kier alpha value is -1.86. The molecule has 0 unspecified atom stereocenters. The number of pyridine rings is 1. The van der Waals surface area contributed by atoms with Crippen molar-refractivity contribution in [3.05, 3.63) is 23.9 Å². The van der Waals surface area contributed by atoms with Gasteiger partial charge in [0.2, 0.25) is 0 Å². The zero-order valence-electron chi connectivity index (χ0n) is 18.9. The van der Waals surface area contributed by atoms with Crippen LogP contribution < -0.4 is 15.5 Å². The molecule has 2 fully saturated rings. The molecule has 0 aromatic carbocycles. The molecule has 1 saturated carbocycles. The molecule has 1 aliphatic carbocycles. The first-order valence-electron chi connectivity index (χ1n) is 11.8. The lowest BCUT2D eigenvalue weighted by Gasteiger charge is -2.34. The number of hydrogen-bond acceptors (Lipinski definition) is 5. The van der Waals surface area contributed by atoms with Crippen molar-refractivity contribution in [2.24, 2.45) is 4.99 Å². The molecule has 2 N–H and O–H groups in total. The standard InChI is InChI=1S/C23H40N6O/c1-3-28-13-15-29(16-14-28)22-18-20(10-11-25-22)19-27-23(24-2)26-12-17-30-21-8-6-4-5-7-9-21/h10-11,18,21H,3-9,12-17,19H2,1-2H3,(H2,24,26,27). The number of piperazine rings is 1. The van der Waals surface area contributed by atoms with E-state index in [-0.39, 0.29) is 0 Å². The Bertz CT molecular complexity index is 636. The third-order valence-electron chi connectivity index (χ3n) is 6.19. The van der Waals surface area contributed by atoms with Crippen LogP contribution in [0.5, 0.6) is 0 Å². The van der Waals surface area contributed by atoms with Gasteiger partial charge < -0.3 is 25.2 Å². The van der Waals surface area contributed by atoms with E-state index in [0.717, 1.165) is 64.2 Å². The summed E-state index contributed by atoms with van der Waals surface area (Å²) in [6.07, 6.45) is 10.1. The molecule has 0 atom stereocenters. The number of rotatable bonds is 8. The van der Waals surface area contributed by atoms with Crippen LogP contribution in [0.3, 0.4) is 0 Å². The molecule has 1 saturated heterocycles. The number of aliphatic imine (C=N–C) groups is 1. The molecular weight excluding hydrogens is 376 g/mol. The van der Waals surface area contributed by atoms with Gasteiger partial charge in [-0.15, -0.1) is 0 Å². The zero-order valence-corrected chi connectivity index (χ0v) is 18.9. The Morgan fingerprint density at radius 1 is 1.13 bits per heavy atom. The molecule has 168 valence electrons. The fourth-order valence-corrected chi connectivity index (χ4v) is 4.25. The molecule has 1 aromatic heterocycles. The smallest absolute Gasteiger partial charge is 0.191 e. The quantitative estimate of drug-likeness (QED) is 0.294. The Morgan fingerprint density at radius 2 is 1.90 bits per heavy atom. The van der Waals surface area contributed by atoms with E-state index < -0.39 is 0 Å². The van der Waals surface area contributed by atoms with Gasteiger partial charge in [0, 0.05) is 52.5 Å². The summed E-state index contributed by atoms with van der Waals surface area (Å²) in [5, 5.41) is 6.78. The second kappa shape index (κ2) is 12.7. The fourth-order valence-electron chi connectivity index (χ4n) is 4.25. The summed E-state index contributed by atoms with van der Waals surface area (Å²) in [4.78, 5) is 13.8. The van der Waals surface area contributed by atoms with Crippen LogP contribution >= 0.6 is 0 Å². The van der Waals surface area contributed by atoms with Crippen molar-refractivity contribution in [2.75, 3.05) is 57.8 Å². The van der Waals surface area contributed by atoms with Crippen LogP contribution in [0, 0.1) is 0 Å². The minimum absolute atomic E-state index is 0.443. The number of hydrogen-bond donors (Lipinski definition) is 2. The highest BCUT2D eigenvalue weighted by Gasteiger charge is 2.17. The Labute approximate surface area is 182 Å². The lowest BCUT2D eigenvalue weighted by atomic mass is 10.1. The predicted molar refractivity (Wildman–Crippen MR) is 124 cm³/mol. The molecule has 7 nitrogen and oxygen atoms in total. The third-order valence-corrected chi connectivity index (χ3v) is 6.19. The Morgan fingerprint density at radius 3 is 2.60 bits per heavy atom. The van der Waals surface area contributed by atoms with Crippen LogP contribution in [-0.4, -0.2) is 74.9 Å². The largest absolute Gasteiger partial charge is 0.376 e. The molecular formula is C23H40N6O. The van der Waals surface area contributed by atoms with Crippen LogP contribution in [0.4, 0.5) is 5.82 Å². The minimum Gasteiger partial charge on any atom is -0.376 e. The molecule has 0 amide bonds. The van der Waals surface area contributed by atoms with Crippen molar-refractivity contribution in [3.63, 3.8) is 0 Å². The third kappa shape index (κ3) is 7.43. The molecule has 30 heavy (non-hydrogen) atoms. The molecule has 2 heterocycles. The van der Waals surface area contributed by atoms with Crippen LogP contribution in [0.1, 0.15) is 51.0 Å². The average molecular weight is 417 g/mol. The second-order valence-corrected chi connectivity index (χ2v) is 8.28. The van der Waals surface area contributed by atoms with Crippen molar-refractivity contribution in [1.82, 2.24) is 20.5 Å². The van der Waals surface area contributed by atoms with E-state index in [4.69, 9.17) is 4.74 Å². The van der Waals surface area contributed by atoms with E-state index in [1.54, 1.807) is 0 Å². The number of likely N-dealkylation sites (N-methyl/N-ethyl adjacent to an activating group) is 1. The number of nitrogens with one attached hydrogen (secondary N) is 2. The summed E-state index contributed by atoms with van der Waals surface area (Å²) in [5.41, 5.74) is 1.22. The van der Waals surface area contributed by atoms with E-state index in [9.17, 15) is 0 Å². The normalized spacial score (nSPS) is 19.5. The van der Waals surface area contributed by atoms with Crippen molar-refractivity contribution < 1.29 is 4.74 Å². The van der Waals surface area contributed by atoms with E-state index in [0.29, 0.717) is 6.10 Å². The monoisotopic (exact) mass is 416 g/mol. The highest BCUT2D eigenvalue weighted by molar-refractivity contribution is 5.79. The Kier molecular flexibility index (Phi) is 9.70. The van der Waals surface area contributed by atoms with Crippen molar-refractivity contribution in [3.8, 4) is 0 Å². The summed E-state index contributed by atoms with van der Waals surface area (Å²) in [5.74, 6) is 1.89. The van der Waals surface area contributed by atoms with Gasteiger partial charge in [0.1, 0.15) is 5.82 Å². The number of guanidine groups is 1. The summed E-state index contributed by atoms with van der Waals surface area (Å²) < 4.78 is 6.06. The molecule has 3 rings (SSSR count). The number of aromatic nitrogens is 1. The van der Waals surface area contributed by atoms with E-state index in [1.807, 2.05) is 13.2 Å². The molecule has 7 heteroatoms. The summed E-state index contributed by atoms with van der Waals surface area (Å²) in [6, 6.07) is 4.26. The summed E-state index contributed by atoms with van der Waals surface area (Å²) in [7, 11) is 1.81. The van der Waals surface area contributed by atoms with Crippen molar-refractivity contribution >= 4 is 11.8 Å². The summed E-state index contributed by atoms with van der Waals surface area (Å²) >= 11 is 0. The van der Waals surface area contributed by atoms with Crippen molar-refractivity contribution in [1.29, 1.82) is 0 Å². The average Bonchev–Trinajstić information content (AvgIpc) is 3.08. The maximum atomic E-state index is 6.06. The van der Waals surface area contributed by atoms with Gasteiger partial charge in [0.25, 0.3) is 0 Å². The van der Waals surface area contributed by atoms with Crippen LogP contribution in [0.2, 0.25) is 0 Å². The first kappa shape index (κ1) is 22.8. The fraction of sp³-hybridized carbons (Fsp3) is 0.739. The van der Waals surface area contributed by atoms with Gasteiger partial charge in [-0.25, -0.2) is 4.98 Å². The predicted octanol–water partition coefficient (Wildman–Crippen LogP) is 2.63. The molecule has 0 radical (unpaired) electrons. The SMILES string of the molecule is CCN1CCN(c2cc(CNC(=NC)NCCOC3CCCCCC3)ccn2)CC1. The van der Waals surface area contributed by atoms with Gasteiger partial charge in [-0.1, -0.05) is 32.6 Å². The lowest BCUT2D eigenvalue weighted by Crippen LogP contribution is -2.46. The molecule has 0 spiro atoms. The van der Waals surface area contributed by atoms with Gasteiger partial charge in [0.05, 0.1) is 12.7 Å². The van der Waals surface area contributed by atoms with Crippen molar-refractivity contribution in [2.45, 2.75) is 58.1 Å². The van der Waals surface area contributed by atoms with Gasteiger partial charge >= 0.3 is 0 Å². The summed E-state index contributed by atoms with van der Waals surface area (Å²) in [6.45, 7) is 9.90. The van der Waals surface area contributed by atoms with E-state index >= 15 is 0 Å². The first-order valence-corrected chi connectivity index (χ1v) is 11.8. The lowest BCUT2D eigenvalue weighted by molar-refractivity contribution is 0.0468. The maximum absolute atomic E-state index is 6.06. The molecule has 1 aliphatic heterocycles. The van der Waals surface area contributed by atoms with E-state index in [1.165, 1.54) is 44.1 Å². The van der Waals surface area contributed by atoms with Gasteiger partial charge in [-0.05, 0) is 37.1 Å². The minimum atomic E-state index is 0.443. The van der Waals surface area contributed by atoms with Crippen LogP contribution in [0.15, 0.2) is 23.3 Å². The molecule has 0 bridgehead atoms. The zero-order chi connectivity index (χ0) is 21.0. The van der Waals surface area contributed by atoms with E-state index in [2.05, 4.69) is 49.5 Å². The second-order valence-electron chi connectivity index (χ2n) is 8.28. The highest BCUT2D eigenvalue weighted by atomic mass is 16.5. The highest BCUT2D eigenvalue weighted by Crippen LogP contribution is 2.19. The number of ether oxygens (including phenoxy) is 1. The molecule has 1 aromatic rings. The first-order chi connectivity index (χ1) is 14.8. The maximum Gasteiger partial charge on any atom is 0.191 e. The van der Waals surface area contributed by atoms with Crippen LogP contribution in [0.25, 0.3) is 0 Å². The van der Waals surface area contributed by atoms with Gasteiger partial charge in [-0.3, -0.25) is 4.99 Å². The molecule has 2 aliphatic rings. The van der Waals surface area contributed by atoms with Crippen LogP contribution in [-0.2, 0) is 11.3 Å². The topological polar surface area (TPSA) is 65.0 Å². The number of anilines is 1. The van der Waals surface area contributed by atoms with Gasteiger partial charge in [-0.2, -0.15) is 0 Å².